The molecule has 28 rings (SSSR count). The maximum Gasteiger partial charge on any atom is 0.226 e. The highest BCUT2D eigenvalue weighted by Gasteiger charge is 2.26. The number of oxazole rings is 7. The Morgan fingerprint density at radius 2 is 0.503 bits per heavy atom. The van der Waals surface area contributed by atoms with E-state index in [4.69, 9.17) is 61.8 Å². The van der Waals surface area contributed by atoms with Gasteiger partial charge in [-0.05, 0) is 226 Å². The van der Waals surface area contributed by atoms with Gasteiger partial charge >= 0.3 is 0 Å². The van der Waals surface area contributed by atoms with Crippen LogP contribution >= 0.6 is 0 Å². The molecule has 728 valence electrons. The molecule has 0 saturated heterocycles. The fourth-order valence-corrected chi connectivity index (χ4v) is 19.5. The minimum absolute atomic E-state index is 0.316. The Bertz CT molecular complexity index is 9340. The van der Waals surface area contributed by atoms with E-state index in [-0.39, 0.29) is 0 Å². The number of furan rings is 7. The molecule has 14 heterocycles. The van der Waals surface area contributed by atoms with Gasteiger partial charge in [0, 0.05) is 120 Å². The first-order valence-electron chi connectivity index (χ1n) is 49.6. The maximum absolute atomic E-state index is 6.11. The summed E-state index contributed by atoms with van der Waals surface area (Å²) in [5.41, 5.74) is 28.1. The van der Waals surface area contributed by atoms with Gasteiger partial charge < -0.3 is 61.8 Å². The van der Waals surface area contributed by atoms with Gasteiger partial charge in [0.05, 0.1) is 43.4 Å². The van der Waals surface area contributed by atoms with E-state index in [0.717, 1.165) is 187 Å². The largest absolute Gasteiger partial charge is 0.456 e. The smallest absolute Gasteiger partial charge is 0.226 e. The van der Waals surface area contributed by atoms with E-state index < -0.39 is 0 Å². The third-order valence-electron chi connectivity index (χ3n) is 26.8. The van der Waals surface area contributed by atoms with Crippen LogP contribution in [0.25, 0.3) is 234 Å². The molecule has 0 N–H and O–H groups in total. The Morgan fingerprint density at radius 1 is 0.177 bits per heavy atom. The topological polar surface area (TPSA) is 274 Å². The van der Waals surface area contributed by atoms with E-state index in [2.05, 4.69) is 265 Å². The molecule has 21 nitrogen and oxygen atoms in total. The lowest BCUT2D eigenvalue weighted by Crippen LogP contribution is -1.93. The molecule has 0 unspecified atom stereocenters. The number of rotatable bonds is 14. The number of fused-ring (bicyclic) bond motifs is 21. The molecule has 0 atom stereocenters. The van der Waals surface area contributed by atoms with E-state index in [1.807, 2.05) is 121 Å². The summed E-state index contributed by atoms with van der Waals surface area (Å²) in [7, 11) is 0. The van der Waals surface area contributed by atoms with Gasteiger partial charge in [-0.15, -0.1) is 0 Å². The van der Waals surface area contributed by atoms with Crippen molar-refractivity contribution in [3.05, 3.63) is 381 Å². The Labute approximate surface area is 844 Å². The van der Waals surface area contributed by atoms with Crippen molar-refractivity contribution in [3.8, 4) is 80.2 Å². The van der Waals surface area contributed by atoms with Crippen LogP contribution in [0.3, 0.4) is 0 Å². The number of hydrogen-bond acceptors (Lipinski definition) is 21. The van der Waals surface area contributed by atoms with Gasteiger partial charge in [0.25, 0.3) is 0 Å². The number of nitrogens with zero attached hydrogens (tertiary/aromatic N) is 7. The second kappa shape index (κ2) is 40.2. The predicted molar refractivity (Wildman–Crippen MR) is 583 cm³/mol. The van der Waals surface area contributed by atoms with E-state index in [0.29, 0.717) is 82.7 Å². The van der Waals surface area contributed by atoms with E-state index in [1.165, 1.54) is 44.2 Å². The lowest BCUT2D eigenvalue weighted by atomic mass is 9.94. The Kier molecular flexibility index (Phi) is 25.7. The Morgan fingerprint density at radius 3 is 1.03 bits per heavy atom. The third kappa shape index (κ3) is 18.6. The molecule has 0 bridgehead atoms. The van der Waals surface area contributed by atoms with Crippen molar-refractivity contribution in [2.75, 3.05) is 0 Å². The van der Waals surface area contributed by atoms with E-state index >= 15 is 0 Å². The molecule has 14 aromatic heterocycles. The van der Waals surface area contributed by atoms with Gasteiger partial charge in [-0.3, -0.25) is 0 Å². The molecule has 0 aliphatic rings. The number of hydrogen-bond donors (Lipinski definition) is 0. The molecule has 21 heteroatoms. The van der Waals surface area contributed by atoms with Crippen molar-refractivity contribution >= 4 is 154 Å². The summed E-state index contributed by atoms with van der Waals surface area (Å²) in [5, 5.41) is 16.1. The molecule has 0 aliphatic heterocycles. The number of aromatic nitrogens is 7. The average Bonchev–Trinajstić information content (AvgIpc) is 1.73. The van der Waals surface area contributed by atoms with Crippen LogP contribution in [-0.2, 0) is 0 Å². The predicted octanol–water partition coefficient (Wildman–Crippen LogP) is 37.6. The lowest BCUT2D eigenvalue weighted by Gasteiger charge is -2.10. The molecule has 147 heavy (non-hydrogen) atoms. The van der Waals surface area contributed by atoms with E-state index in [1.54, 1.807) is 87.2 Å². The highest BCUT2D eigenvalue weighted by atomic mass is 16.4. The van der Waals surface area contributed by atoms with Gasteiger partial charge in [-0.25, -0.2) is 34.9 Å². The van der Waals surface area contributed by atoms with Crippen LogP contribution in [0.2, 0.25) is 0 Å². The maximum atomic E-state index is 6.11. The van der Waals surface area contributed by atoms with Crippen LogP contribution < -0.4 is 0 Å². The molecule has 0 radical (unpaired) electrons. The first-order chi connectivity index (χ1) is 71.6. The molecule has 0 saturated carbocycles. The normalized spacial score (nSPS) is 11.8. The van der Waals surface area contributed by atoms with Crippen LogP contribution in [0.1, 0.15) is 177 Å². The van der Waals surface area contributed by atoms with Gasteiger partial charge in [0.2, 0.25) is 41.2 Å². The zero-order valence-corrected chi connectivity index (χ0v) is 83.7. The van der Waals surface area contributed by atoms with Gasteiger partial charge in [0.15, 0.2) is 0 Å². The molecular weight excluding hydrogens is 1840 g/mol. The summed E-state index contributed by atoms with van der Waals surface area (Å²) in [6.07, 6.45) is 22.7. The number of para-hydroxylation sites is 4. The fourth-order valence-electron chi connectivity index (χ4n) is 19.5. The zero-order valence-electron chi connectivity index (χ0n) is 83.7. The first kappa shape index (κ1) is 94.1. The van der Waals surface area contributed by atoms with Gasteiger partial charge in [-0.1, -0.05) is 200 Å². The quantitative estimate of drug-likeness (QED) is 0.0978. The summed E-state index contributed by atoms with van der Waals surface area (Å²) in [5.74, 6) is 7.33. The van der Waals surface area contributed by atoms with Gasteiger partial charge in [0.1, 0.15) is 122 Å². The first-order valence-corrected chi connectivity index (χ1v) is 49.6. The second-order valence-electron chi connectivity index (χ2n) is 38.7. The van der Waals surface area contributed by atoms with Crippen LogP contribution in [0.5, 0.6) is 0 Å². The summed E-state index contributed by atoms with van der Waals surface area (Å²) in [6, 6.07) is 86.7. The lowest BCUT2D eigenvalue weighted by molar-refractivity contribution is 0.572. The van der Waals surface area contributed by atoms with Crippen molar-refractivity contribution in [2.24, 2.45) is 0 Å². The van der Waals surface area contributed by atoms with Crippen molar-refractivity contribution in [3.63, 3.8) is 0 Å². The minimum Gasteiger partial charge on any atom is -0.456 e. The Hall–Kier alpha value is -17.9. The minimum atomic E-state index is 0.316. The average molecular weight is 1940 g/mol. The molecular formula is C126H105N7O14. The van der Waals surface area contributed by atoms with Crippen LogP contribution in [-0.4, -0.2) is 34.9 Å². The highest BCUT2D eigenvalue weighted by Crippen LogP contribution is 2.46. The van der Waals surface area contributed by atoms with Crippen molar-refractivity contribution in [1.29, 1.82) is 0 Å². The SMILES string of the molecule is CC(C)c1c(-c2ncco2)ccc2c1oc1ccccc12.CC(C)c1cc(-c2ncco2)cc2oc3ccccc3c12.CC(C)c1cc2c(cc1-c1ncco1)oc1ccccc12.CC(C)c1ccc2c(c1)oc1cc(-c3ncco3)ccc12.CC(C)c1ccc2oc3cc(-c4ncco4)ccc3c2c1.CC(C)c1cccc2c1oc1cc(-c3ncco3)ccc12.CC(C)c1cccc2oc3cc(-c4ncco4)ccc3c12. The second-order valence-corrected chi connectivity index (χ2v) is 38.7. The molecule has 0 fully saturated rings. The monoisotopic (exact) mass is 1940 g/mol. The highest BCUT2D eigenvalue weighted by molar-refractivity contribution is 6.13. The van der Waals surface area contributed by atoms with Gasteiger partial charge in [-0.2, -0.15) is 0 Å². The standard InChI is InChI=1S/7C18H15NO2/c1-11(2)12-4-6-16-15(9-12)14-5-3-13(10-17(14)21-16)18-19-7-8-20-18;1-11(2)12-3-5-14-15-6-4-13(18-19-7-8-20-18)10-17(15)21-16(14)9-12;1-11(2)13-4-3-5-15-17(13)14-7-6-12(10-16(14)21-15)18-19-8-9-20-18;1-11(2)13-4-3-5-15-14-7-6-12(18-19-8-9-20-18)10-16(14)21-17(13)15;1-11(2)14-9-12(18-19-7-8-20-18)10-16-17(14)13-5-3-4-6-15(13)21-16;1-11(2)13-9-14-12-5-3-4-6-16(12)21-17(14)10-15(13)18-19-7-8-20-18;1-11(2)16-14(18-19-9-10-20-18)8-7-13-12-5-3-4-6-15(12)21-17(13)16/h7*3-11H,1-2H3. The molecule has 0 amide bonds. The summed E-state index contributed by atoms with van der Waals surface area (Å²) in [6.45, 7) is 30.6. The zero-order chi connectivity index (χ0) is 101. The fraction of sp³-hybridized carbons (Fsp3) is 0.167. The molecule has 28 aromatic rings. The van der Waals surface area contributed by atoms with Crippen molar-refractivity contribution in [2.45, 2.75) is 138 Å². The summed E-state index contributed by atoms with van der Waals surface area (Å²) < 4.78 is 79.9. The van der Waals surface area contributed by atoms with Crippen LogP contribution in [0.4, 0.5) is 0 Å². The Balaban J connectivity index is 0.0000000974. The molecule has 0 spiro atoms. The van der Waals surface area contributed by atoms with Crippen molar-refractivity contribution in [1.82, 2.24) is 34.9 Å². The van der Waals surface area contributed by atoms with Crippen LogP contribution in [0.15, 0.2) is 404 Å². The molecule has 14 aromatic carbocycles. The molecule has 0 aliphatic carbocycles. The summed E-state index contributed by atoms with van der Waals surface area (Å²) in [4.78, 5) is 29.5. The van der Waals surface area contributed by atoms with Crippen LogP contribution in [0, 0.1) is 0 Å². The third-order valence-corrected chi connectivity index (χ3v) is 26.8. The summed E-state index contributed by atoms with van der Waals surface area (Å²) >= 11 is 0. The van der Waals surface area contributed by atoms with E-state index in [9.17, 15) is 0 Å². The van der Waals surface area contributed by atoms with Crippen molar-refractivity contribution < 1.29 is 61.8 Å². The number of benzene rings is 14.